The zero-order valence-corrected chi connectivity index (χ0v) is 12.0. The van der Waals surface area contributed by atoms with Crippen LogP contribution in [0.4, 0.5) is 17.7 Å². The fraction of sp³-hybridized carbons (Fsp3) is 0.462. The lowest BCUT2D eigenvalue weighted by atomic mass is 9.76. The Kier molecular flexibility index (Phi) is 4.73. The summed E-state index contributed by atoms with van der Waals surface area (Å²) in [6.45, 7) is 1.49. The lowest BCUT2D eigenvalue weighted by Crippen LogP contribution is -2.37. The number of hydrogen-bond acceptors (Lipinski definition) is 2. The van der Waals surface area contributed by atoms with Crippen LogP contribution in [0.2, 0.25) is 0 Å². The Hall–Kier alpha value is -1.66. The SMILES string of the molecule is Cc1ccc(CNC(=O)OC(C)(C)C)cc1[B-](F)(F)F. The molecule has 1 aromatic rings. The number of carbonyl (C=O) groups is 1. The average Bonchev–Trinajstić information content (AvgIpc) is 2.24. The summed E-state index contributed by atoms with van der Waals surface area (Å²) in [6, 6.07) is 4.02. The molecule has 0 aromatic heterocycles. The van der Waals surface area contributed by atoms with Gasteiger partial charge in [0.2, 0.25) is 0 Å². The molecule has 7 heteroatoms. The number of halogens is 3. The second-order valence-electron chi connectivity index (χ2n) is 5.62. The van der Waals surface area contributed by atoms with Gasteiger partial charge in [0, 0.05) is 6.54 Å². The molecule has 0 aliphatic carbocycles. The van der Waals surface area contributed by atoms with E-state index in [9.17, 15) is 17.7 Å². The van der Waals surface area contributed by atoms with Gasteiger partial charge in [-0.1, -0.05) is 23.8 Å². The van der Waals surface area contributed by atoms with E-state index in [0.717, 1.165) is 6.07 Å². The molecule has 0 heterocycles. The minimum absolute atomic E-state index is 0.00560. The molecule has 112 valence electrons. The monoisotopic (exact) mass is 288 g/mol. The fourth-order valence-electron chi connectivity index (χ4n) is 1.64. The molecular formula is C13H18BF3NO2-. The first kappa shape index (κ1) is 16.4. The number of hydrogen-bond donors (Lipinski definition) is 1. The van der Waals surface area contributed by atoms with E-state index in [4.69, 9.17) is 4.74 Å². The van der Waals surface area contributed by atoms with Gasteiger partial charge in [0.05, 0.1) is 0 Å². The molecule has 3 nitrogen and oxygen atoms in total. The highest BCUT2D eigenvalue weighted by Crippen LogP contribution is 2.13. The van der Waals surface area contributed by atoms with Crippen LogP contribution in [0.1, 0.15) is 31.9 Å². The van der Waals surface area contributed by atoms with Crippen molar-refractivity contribution in [3.05, 3.63) is 29.3 Å². The number of benzene rings is 1. The molecule has 0 bridgehead atoms. The van der Waals surface area contributed by atoms with Gasteiger partial charge in [-0.05, 0) is 33.3 Å². The highest BCUT2D eigenvalue weighted by molar-refractivity contribution is 6.74. The molecule has 1 N–H and O–H groups in total. The van der Waals surface area contributed by atoms with Crippen molar-refractivity contribution in [3.8, 4) is 0 Å². The summed E-state index contributed by atoms with van der Waals surface area (Å²) in [5, 5.41) is 2.43. The Balaban J connectivity index is 2.73. The van der Waals surface area contributed by atoms with E-state index in [2.05, 4.69) is 5.32 Å². The fourth-order valence-corrected chi connectivity index (χ4v) is 1.64. The summed E-state index contributed by atoms with van der Waals surface area (Å²) < 4.78 is 43.4. The van der Waals surface area contributed by atoms with Gasteiger partial charge < -0.3 is 23.0 Å². The van der Waals surface area contributed by atoms with Gasteiger partial charge in [0.15, 0.2) is 0 Å². The number of nitrogens with one attached hydrogen (secondary N) is 1. The molecule has 0 aliphatic heterocycles. The summed E-state index contributed by atoms with van der Waals surface area (Å²) in [6.07, 6.45) is -0.655. The Morgan fingerprint density at radius 2 is 1.90 bits per heavy atom. The standard InChI is InChI=1S/C13H18BF3NO2/c1-9-5-6-10(7-11(9)14(15,16)17)8-18-12(19)20-13(2,3)4/h5-7H,8H2,1-4H3,(H,18,19)/q-1. The van der Waals surface area contributed by atoms with Crippen LogP contribution >= 0.6 is 0 Å². The smallest absolute Gasteiger partial charge is 0.445 e. The Morgan fingerprint density at radius 1 is 1.30 bits per heavy atom. The minimum Gasteiger partial charge on any atom is -0.445 e. The maximum atomic E-state index is 12.8. The van der Waals surface area contributed by atoms with Crippen LogP contribution in [0.3, 0.4) is 0 Å². The third-order valence-electron chi connectivity index (χ3n) is 2.53. The molecule has 1 amide bonds. The first-order valence-electron chi connectivity index (χ1n) is 6.25. The van der Waals surface area contributed by atoms with Crippen molar-refractivity contribution in [1.29, 1.82) is 0 Å². The van der Waals surface area contributed by atoms with Gasteiger partial charge in [-0.25, -0.2) is 4.79 Å². The molecule has 0 fully saturated rings. The van der Waals surface area contributed by atoms with Gasteiger partial charge in [0.1, 0.15) is 5.60 Å². The highest BCUT2D eigenvalue weighted by Gasteiger charge is 2.27. The first-order valence-corrected chi connectivity index (χ1v) is 6.25. The number of amides is 1. The molecule has 1 rings (SSSR count). The van der Waals surface area contributed by atoms with Crippen molar-refractivity contribution in [2.75, 3.05) is 0 Å². The molecular weight excluding hydrogens is 270 g/mol. The zero-order valence-electron chi connectivity index (χ0n) is 12.0. The zero-order chi connectivity index (χ0) is 15.6. The summed E-state index contributed by atoms with van der Waals surface area (Å²) >= 11 is 0. The largest absolute Gasteiger partial charge is 0.509 e. The molecule has 0 saturated carbocycles. The van der Waals surface area contributed by atoms with Crippen molar-refractivity contribution in [2.45, 2.75) is 39.8 Å². The van der Waals surface area contributed by atoms with Crippen LogP contribution in [0.5, 0.6) is 0 Å². The van der Waals surface area contributed by atoms with Crippen molar-refractivity contribution < 1.29 is 22.5 Å². The van der Waals surface area contributed by atoms with Gasteiger partial charge in [-0.2, -0.15) is 0 Å². The normalized spacial score (nSPS) is 12.2. The third-order valence-corrected chi connectivity index (χ3v) is 2.53. The molecule has 0 aliphatic rings. The van der Waals surface area contributed by atoms with Crippen LogP contribution in [0.25, 0.3) is 0 Å². The number of aryl methyl sites for hydroxylation is 1. The van der Waals surface area contributed by atoms with Crippen LogP contribution in [0, 0.1) is 6.92 Å². The van der Waals surface area contributed by atoms with Gasteiger partial charge in [0.25, 0.3) is 0 Å². The van der Waals surface area contributed by atoms with Gasteiger partial charge in [-0.3, -0.25) is 0 Å². The van der Waals surface area contributed by atoms with Crippen molar-refractivity contribution in [1.82, 2.24) is 5.32 Å². The quantitative estimate of drug-likeness (QED) is 0.868. The van der Waals surface area contributed by atoms with Gasteiger partial charge >= 0.3 is 13.1 Å². The molecule has 1 aromatic carbocycles. The maximum Gasteiger partial charge on any atom is 0.509 e. The number of ether oxygens (including phenoxy) is 1. The molecule has 0 unspecified atom stereocenters. The second-order valence-corrected chi connectivity index (χ2v) is 5.62. The van der Waals surface area contributed by atoms with E-state index in [1.165, 1.54) is 13.0 Å². The molecule has 20 heavy (non-hydrogen) atoms. The van der Waals surface area contributed by atoms with E-state index in [-0.39, 0.29) is 12.1 Å². The Labute approximate surface area is 116 Å². The van der Waals surface area contributed by atoms with Crippen LogP contribution in [-0.4, -0.2) is 18.7 Å². The van der Waals surface area contributed by atoms with E-state index in [1.807, 2.05) is 0 Å². The van der Waals surface area contributed by atoms with Gasteiger partial charge in [-0.15, -0.1) is 5.46 Å². The summed E-state index contributed by atoms with van der Waals surface area (Å²) in [7, 11) is 0. The van der Waals surface area contributed by atoms with Crippen molar-refractivity contribution in [2.24, 2.45) is 0 Å². The first-order chi connectivity index (χ1) is 8.99. The minimum atomic E-state index is -5.05. The Bertz CT molecular complexity index is 495. The maximum absolute atomic E-state index is 12.8. The summed E-state index contributed by atoms with van der Waals surface area (Å²) in [4.78, 5) is 11.4. The van der Waals surface area contributed by atoms with Crippen LogP contribution in [-0.2, 0) is 11.3 Å². The van der Waals surface area contributed by atoms with Crippen LogP contribution < -0.4 is 10.8 Å². The van der Waals surface area contributed by atoms with Crippen LogP contribution in [0.15, 0.2) is 18.2 Å². The summed E-state index contributed by atoms with van der Waals surface area (Å²) in [5.41, 5.74) is -0.708. The number of carbonyl (C=O) groups excluding carboxylic acids is 1. The Morgan fingerprint density at radius 3 is 2.40 bits per heavy atom. The molecule has 0 saturated heterocycles. The predicted octanol–water partition coefficient (Wildman–Crippen LogP) is 3.07. The van der Waals surface area contributed by atoms with E-state index in [1.54, 1.807) is 26.8 Å². The lowest BCUT2D eigenvalue weighted by molar-refractivity contribution is 0.0523. The molecule has 0 atom stereocenters. The predicted molar refractivity (Wildman–Crippen MR) is 73.0 cm³/mol. The molecule has 0 radical (unpaired) electrons. The average molecular weight is 288 g/mol. The topological polar surface area (TPSA) is 38.3 Å². The van der Waals surface area contributed by atoms with Crippen molar-refractivity contribution >= 4 is 18.5 Å². The third kappa shape index (κ3) is 5.15. The second kappa shape index (κ2) is 5.77. The van der Waals surface area contributed by atoms with E-state index in [0.29, 0.717) is 5.56 Å². The van der Waals surface area contributed by atoms with E-state index < -0.39 is 24.1 Å². The summed E-state index contributed by atoms with van der Waals surface area (Å²) in [5.74, 6) is 0. The van der Waals surface area contributed by atoms with E-state index >= 15 is 0 Å². The highest BCUT2D eigenvalue weighted by atomic mass is 19.4. The molecule has 0 spiro atoms. The number of alkyl carbamates (subject to hydrolysis) is 1. The lowest BCUT2D eigenvalue weighted by Gasteiger charge is -2.21. The van der Waals surface area contributed by atoms with Crippen molar-refractivity contribution in [3.63, 3.8) is 0 Å². The number of rotatable bonds is 3.